The van der Waals surface area contributed by atoms with Gasteiger partial charge >= 0.3 is 0 Å². The summed E-state index contributed by atoms with van der Waals surface area (Å²) in [6.45, 7) is 5.67. The molecule has 0 bridgehead atoms. The number of thiocarbonyl (C=S) groups is 1. The van der Waals surface area contributed by atoms with E-state index in [4.69, 9.17) is 17.2 Å². The third kappa shape index (κ3) is 3.83. The molecule has 0 aromatic carbocycles. The summed E-state index contributed by atoms with van der Waals surface area (Å²) in [6.07, 6.45) is 4.21. The van der Waals surface area contributed by atoms with E-state index < -0.39 is 0 Å². The van der Waals surface area contributed by atoms with Crippen LogP contribution in [0.15, 0.2) is 34.1 Å². The first-order valence-electron chi connectivity index (χ1n) is 9.62. The third-order valence-corrected chi connectivity index (χ3v) is 7.46. The lowest BCUT2D eigenvalue weighted by Gasteiger charge is -2.28. The summed E-state index contributed by atoms with van der Waals surface area (Å²) in [5, 5.41) is 0. The maximum atomic E-state index is 13.3. The Kier molecular flexibility index (Phi) is 5.98. The molecule has 152 valence electrons. The van der Waals surface area contributed by atoms with E-state index in [1.807, 2.05) is 37.7 Å². The molecule has 0 unspecified atom stereocenters. The van der Waals surface area contributed by atoms with Crippen LogP contribution in [0.1, 0.15) is 25.8 Å². The lowest BCUT2D eigenvalue weighted by molar-refractivity contribution is -0.123. The maximum absolute atomic E-state index is 13.3. The molecule has 0 spiro atoms. The number of anilines is 1. The quantitative estimate of drug-likeness (QED) is 0.528. The summed E-state index contributed by atoms with van der Waals surface area (Å²) in [4.78, 5) is 35.4. The van der Waals surface area contributed by atoms with Crippen LogP contribution in [0.25, 0.3) is 11.7 Å². The molecule has 9 heteroatoms. The van der Waals surface area contributed by atoms with Crippen molar-refractivity contribution in [1.29, 1.82) is 0 Å². The van der Waals surface area contributed by atoms with Crippen molar-refractivity contribution < 1.29 is 4.79 Å². The van der Waals surface area contributed by atoms with E-state index >= 15 is 0 Å². The van der Waals surface area contributed by atoms with Crippen LogP contribution in [0.2, 0.25) is 0 Å². The van der Waals surface area contributed by atoms with Crippen LogP contribution in [-0.4, -0.2) is 55.1 Å². The predicted octanol–water partition coefficient (Wildman–Crippen LogP) is 3.25. The van der Waals surface area contributed by atoms with E-state index in [2.05, 4.69) is 4.90 Å². The Balaban J connectivity index is 1.85. The minimum absolute atomic E-state index is 0.0304. The predicted molar refractivity (Wildman–Crippen MR) is 126 cm³/mol. The lowest BCUT2D eigenvalue weighted by Crippen LogP contribution is -2.36. The van der Waals surface area contributed by atoms with Gasteiger partial charge in [0.15, 0.2) is 0 Å². The van der Waals surface area contributed by atoms with Crippen LogP contribution >= 0.6 is 35.7 Å². The highest BCUT2D eigenvalue weighted by Gasteiger charge is 2.35. The monoisotopic (exact) mass is 446 g/mol. The minimum Gasteiger partial charge on any atom is -0.354 e. The third-order valence-electron chi connectivity index (χ3n) is 5.19. The molecule has 4 heterocycles. The second-order valence-electron chi connectivity index (χ2n) is 6.99. The van der Waals surface area contributed by atoms with Crippen molar-refractivity contribution in [1.82, 2.24) is 14.3 Å². The summed E-state index contributed by atoms with van der Waals surface area (Å²) >= 11 is 8.59. The van der Waals surface area contributed by atoms with Gasteiger partial charge < -0.3 is 4.90 Å². The zero-order valence-electron chi connectivity index (χ0n) is 16.3. The average molecular weight is 447 g/mol. The summed E-state index contributed by atoms with van der Waals surface area (Å²) in [5.74, 6) is 2.50. The fourth-order valence-corrected chi connectivity index (χ4v) is 5.75. The number of hydrogen-bond acceptors (Lipinski definition) is 7. The number of carbonyl (C=O) groups is 1. The van der Waals surface area contributed by atoms with Gasteiger partial charge in [0.1, 0.15) is 15.8 Å². The first-order chi connectivity index (χ1) is 14.0. The molecular weight excluding hydrogens is 424 g/mol. The fourth-order valence-electron chi connectivity index (χ4n) is 3.41. The van der Waals surface area contributed by atoms with E-state index in [1.165, 1.54) is 16.2 Å². The first-order valence-corrected chi connectivity index (χ1v) is 12.0. The van der Waals surface area contributed by atoms with E-state index in [1.54, 1.807) is 23.2 Å². The molecule has 0 saturated carbocycles. The van der Waals surface area contributed by atoms with Crippen LogP contribution in [0.4, 0.5) is 5.82 Å². The molecule has 4 rings (SSSR count). The first kappa shape index (κ1) is 20.4. The summed E-state index contributed by atoms with van der Waals surface area (Å²) in [6, 6.07) is 5.53. The Labute approximate surface area is 183 Å². The number of amides is 1. The van der Waals surface area contributed by atoms with Gasteiger partial charge in [0.2, 0.25) is 0 Å². The van der Waals surface area contributed by atoms with Gasteiger partial charge in [-0.25, -0.2) is 4.98 Å². The highest BCUT2D eigenvalue weighted by molar-refractivity contribution is 8.26. The highest BCUT2D eigenvalue weighted by Crippen LogP contribution is 2.35. The highest BCUT2D eigenvalue weighted by atomic mass is 32.2. The summed E-state index contributed by atoms with van der Waals surface area (Å²) < 4.78 is 2.07. The van der Waals surface area contributed by atoms with Gasteiger partial charge in [0.05, 0.1) is 10.5 Å². The van der Waals surface area contributed by atoms with Crippen LogP contribution < -0.4 is 10.5 Å². The number of carbonyl (C=O) groups excluding carboxylic acids is 1. The van der Waals surface area contributed by atoms with Crippen LogP contribution in [0.3, 0.4) is 0 Å². The Morgan fingerprint density at radius 1 is 1.28 bits per heavy atom. The zero-order chi connectivity index (χ0) is 20.5. The molecule has 0 aliphatic carbocycles. The second-order valence-corrected chi connectivity index (χ2v) is 9.89. The Morgan fingerprint density at radius 2 is 2.03 bits per heavy atom. The molecule has 2 aromatic rings. The minimum atomic E-state index is -0.169. The molecule has 2 aromatic heterocycles. The normalized spacial score (nSPS) is 20.1. The number of thioether (sulfide) groups is 2. The van der Waals surface area contributed by atoms with Gasteiger partial charge in [0, 0.05) is 36.8 Å². The second kappa shape index (κ2) is 8.49. The van der Waals surface area contributed by atoms with E-state index in [0.29, 0.717) is 26.3 Å². The van der Waals surface area contributed by atoms with Gasteiger partial charge in [-0.2, -0.15) is 11.8 Å². The maximum Gasteiger partial charge on any atom is 0.267 e. The number of rotatable bonds is 4. The van der Waals surface area contributed by atoms with Crippen molar-refractivity contribution >= 4 is 63.5 Å². The molecule has 2 aliphatic rings. The largest absolute Gasteiger partial charge is 0.354 e. The van der Waals surface area contributed by atoms with Crippen molar-refractivity contribution in [2.45, 2.75) is 26.3 Å². The molecule has 2 fully saturated rings. The van der Waals surface area contributed by atoms with Gasteiger partial charge in [0.25, 0.3) is 11.5 Å². The summed E-state index contributed by atoms with van der Waals surface area (Å²) in [5.41, 5.74) is 0.887. The molecule has 0 N–H and O–H groups in total. The Morgan fingerprint density at radius 3 is 2.76 bits per heavy atom. The van der Waals surface area contributed by atoms with Gasteiger partial charge in [-0.1, -0.05) is 37.0 Å². The molecule has 2 aliphatic heterocycles. The van der Waals surface area contributed by atoms with Crippen LogP contribution in [-0.2, 0) is 4.79 Å². The van der Waals surface area contributed by atoms with Gasteiger partial charge in [-0.15, -0.1) is 0 Å². The molecule has 29 heavy (non-hydrogen) atoms. The Bertz CT molecular complexity index is 1060. The molecule has 2 saturated heterocycles. The Hall–Kier alpha value is -1.84. The average Bonchev–Trinajstić information content (AvgIpc) is 3.03. The van der Waals surface area contributed by atoms with E-state index in [0.717, 1.165) is 31.0 Å². The number of hydrogen-bond donors (Lipinski definition) is 0. The van der Waals surface area contributed by atoms with Gasteiger partial charge in [-0.05, 0) is 31.6 Å². The molecular formula is C20H22N4O2S3. The van der Waals surface area contributed by atoms with E-state index in [-0.39, 0.29) is 17.5 Å². The smallest absolute Gasteiger partial charge is 0.267 e. The van der Waals surface area contributed by atoms with Crippen molar-refractivity contribution in [3.8, 4) is 0 Å². The molecule has 1 atom stereocenters. The molecule has 0 radical (unpaired) electrons. The molecule has 1 amide bonds. The van der Waals surface area contributed by atoms with Crippen molar-refractivity contribution in [2.24, 2.45) is 0 Å². The van der Waals surface area contributed by atoms with Crippen LogP contribution in [0.5, 0.6) is 0 Å². The fraction of sp³-hybridized carbons (Fsp3) is 0.400. The zero-order valence-corrected chi connectivity index (χ0v) is 18.8. The van der Waals surface area contributed by atoms with E-state index in [9.17, 15) is 9.59 Å². The van der Waals surface area contributed by atoms with Crippen LogP contribution in [0, 0.1) is 0 Å². The molecule has 6 nitrogen and oxygen atoms in total. The van der Waals surface area contributed by atoms with Crippen molar-refractivity contribution in [3.05, 3.63) is 45.2 Å². The lowest BCUT2D eigenvalue weighted by atomic mass is 10.2. The standard InChI is InChI=1S/C20H22N4O2S3/c1-3-13(2)24-19(26)15(29-20(24)27)12-14-17(22-8-10-28-11-9-22)21-16-6-4-5-7-23(16)18(14)25/h4-7,12-13H,3,8-11H2,1-2H3/b15-12+/t13-/m0/s1. The number of aromatic nitrogens is 2. The number of nitrogens with zero attached hydrogens (tertiary/aromatic N) is 4. The van der Waals surface area contributed by atoms with Gasteiger partial charge in [-0.3, -0.25) is 18.9 Å². The topological polar surface area (TPSA) is 57.9 Å². The SMILES string of the molecule is CC[C@H](C)N1C(=O)/C(=C\c2c(N3CCSCC3)nc3ccccn3c2=O)SC1=S. The number of fused-ring (bicyclic) bond motifs is 1. The number of pyridine rings is 1. The van der Waals surface area contributed by atoms with Crippen molar-refractivity contribution in [2.75, 3.05) is 29.5 Å². The van der Waals surface area contributed by atoms with Crippen molar-refractivity contribution in [3.63, 3.8) is 0 Å². The summed E-state index contributed by atoms with van der Waals surface area (Å²) in [7, 11) is 0.